The van der Waals surface area contributed by atoms with E-state index in [4.69, 9.17) is 4.74 Å². The topological polar surface area (TPSA) is 75.7 Å². The quantitative estimate of drug-likeness (QED) is 0.853. The Bertz CT molecular complexity index is 880. The summed E-state index contributed by atoms with van der Waals surface area (Å²) in [4.78, 5) is 13.6. The van der Waals surface area contributed by atoms with Gasteiger partial charge in [-0.1, -0.05) is 36.4 Å². The van der Waals surface area contributed by atoms with Gasteiger partial charge in [-0.3, -0.25) is 4.79 Å². The average molecular weight is 360 g/mol. The van der Waals surface area contributed by atoms with E-state index >= 15 is 0 Å². The van der Waals surface area contributed by atoms with Gasteiger partial charge in [0.1, 0.15) is 5.75 Å². The van der Waals surface area contributed by atoms with Gasteiger partial charge in [0.25, 0.3) is 5.91 Å². The summed E-state index contributed by atoms with van der Waals surface area (Å²) >= 11 is 0. The first-order chi connectivity index (χ1) is 12.0. The molecule has 0 fully saturated rings. The van der Waals surface area contributed by atoms with Gasteiger partial charge in [0.15, 0.2) is 6.61 Å². The first-order valence-electron chi connectivity index (χ1n) is 8.00. The van der Waals surface area contributed by atoms with Crippen LogP contribution >= 0.6 is 0 Å². The number of sulfonamides is 1. The second-order valence-electron chi connectivity index (χ2n) is 5.88. The van der Waals surface area contributed by atoms with Crippen molar-refractivity contribution in [3.05, 3.63) is 59.7 Å². The third-order valence-corrected chi connectivity index (χ3v) is 5.41. The molecule has 0 saturated heterocycles. The van der Waals surface area contributed by atoms with E-state index in [9.17, 15) is 13.2 Å². The van der Waals surface area contributed by atoms with E-state index in [1.165, 1.54) is 0 Å². The van der Waals surface area contributed by atoms with Crippen LogP contribution in [0.3, 0.4) is 0 Å². The zero-order chi connectivity index (χ0) is 17.9. The largest absolute Gasteiger partial charge is 0.482 e. The van der Waals surface area contributed by atoms with Crippen LogP contribution in [0.5, 0.6) is 5.75 Å². The summed E-state index contributed by atoms with van der Waals surface area (Å²) in [5.74, 6) is 0.370. The molecule has 3 rings (SSSR count). The standard InChI is InChI=1S/C18H20N2O4S/c1-14-6-2-3-7-15(14)13-25(22,23)19-10-11-20-16-8-4-5-9-17(16)24-12-18(20)21/h2-9,19H,10-13H2,1H3. The Kier molecular flexibility index (Phi) is 5.06. The summed E-state index contributed by atoms with van der Waals surface area (Å²) < 4.78 is 32.5. The monoisotopic (exact) mass is 360 g/mol. The Balaban J connectivity index is 1.63. The van der Waals surface area contributed by atoms with Crippen molar-refractivity contribution >= 4 is 21.6 Å². The van der Waals surface area contributed by atoms with Gasteiger partial charge in [-0.25, -0.2) is 13.1 Å². The first kappa shape index (κ1) is 17.4. The van der Waals surface area contributed by atoms with Crippen LogP contribution in [0.25, 0.3) is 0 Å². The Morgan fingerprint density at radius 2 is 1.84 bits per heavy atom. The predicted molar refractivity (Wildman–Crippen MR) is 96.1 cm³/mol. The molecule has 25 heavy (non-hydrogen) atoms. The van der Waals surface area contributed by atoms with Crippen molar-refractivity contribution in [3.8, 4) is 5.75 Å². The molecular formula is C18H20N2O4S. The predicted octanol–water partition coefficient (Wildman–Crippen LogP) is 1.84. The van der Waals surface area contributed by atoms with Gasteiger partial charge < -0.3 is 9.64 Å². The van der Waals surface area contributed by atoms with E-state index in [1.807, 2.05) is 37.3 Å². The number of fused-ring (bicyclic) bond motifs is 1. The summed E-state index contributed by atoms with van der Waals surface area (Å²) in [5, 5.41) is 0. The molecule has 1 N–H and O–H groups in total. The molecule has 2 aromatic rings. The zero-order valence-electron chi connectivity index (χ0n) is 13.9. The molecule has 1 heterocycles. The molecule has 2 aromatic carbocycles. The fourth-order valence-electron chi connectivity index (χ4n) is 2.74. The summed E-state index contributed by atoms with van der Waals surface area (Å²) in [6, 6.07) is 14.6. The number of nitrogens with one attached hydrogen (secondary N) is 1. The molecule has 0 saturated carbocycles. The summed E-state index contributed by atoms with van der Waals surface area (Å²) in [6.45, 7) is 2.25. The number of para-hydroxylation sites is 2. The lowest BCUT2D eigenvalue weighted by Crippen LogP contribution is -2.43. The van der Waals surface area contributed by atoms with E-state index < -0.39 is 10.0 Å². The highest BCUT2D eigenvalue weighted by Crippen LogP contribution is 2.30. The van der Waals surface area contributed by atoms with Crippen LogP contribution in [0.4, 0.5) is 5.69 Å². The molecule has 7 heteroatoms. The van der Waals surface area contributed by atoms with Gasteiger partial charge in [-0.2, -0.15) is 0 Å². The minimum atomic E-state index is -3.47. The number of aryl methyl sites for hydroxylation is 1. The highest BCUT2D eigenvalue weighted by molar-refractivity contribution is 7.88. The molecule has 1 amide bonds. The molecule has 0 spiro atoms. The van der Waals surface area contributed by atoms with Crippen LogP contribution in [0.1, 0.15) is 11.1 Å². The number of ether oxygens (including phenoxy) is 1. The maximum Gasteiger partial charge on any atom is 0.265 e. The van der Waals surface area contributed by atoms with Crippen molar-refractivity contribution in [2.45, 2.75) is 12.7 Å². The lowest BCUT2D eigenvalue weighted by atomic mass is 10.1. The third-order valence-electron chi connectivity index (χ3n) is 4.07. The van der Waals surface area contributed by atoms with Crippen molar-refractivity contribution in [1.82, 2.24) is 4.72 Å². The van der Waals surface area contributed by atoms with Crippen molar-refractivity contribution in [2.24, 2.45) is 0 Å². The number of amides is 1. The molecule has 0 aliphatic carbocycles. The number of hydrogen-bond donors (Lipinski definition) is 1. The van der Waals surface area contributed by atoms with E-state index in [1.54, 1.807) is 23.1 Å². The second kappa shape index (κ2) is 7.25. The number of hydrogen-bond acceptors (Lipinski definition) is 4. The Morgan fingerprint density at radius 3 is 2.64 bits per heavy atom. The third kappa shape index (κ3) is 4.18. The number of anilines is 1. The number of carbonyl (C=O) groups excluding carboxylic acids is 1. The Hall–Kier alpha value is -2.38. The van der Waals surface area contributed by atoms with Gasteiger partial charge in [-0.15, -0.1) is 0 Å². The van der Waals surface area contributed by atoms with Crippen molar-refractivity contribution in [3.63, 3.8) is 0 Å². The van der Waals surface area contributed by atoms with Gasteiger partial charge in [0.05, 0.1) is 11.4 Å². The number of benzene rings is 2. The lowest BCUT2D eigenvalue weighted by Gasteiger charge is -2.29. The van der Waals surface area contributed by atoms with Crippen LogP contribution in [0, 0.1) is 6.92 Å². The lowest BCUT2D eigenvalue weighted by molar-refractivity contribution is -0.121. The number of nitrogens with zero attached hydrogens (tertiary/aromatic N) is 1. The minimum Gasteiger partial charge on any atom is -0.482 e. The van der Waals surface area contributed by atoms with Crippen molar-refractivity contribution < 1.29 is 17.9 Å². The maximum absolute atomic E-state index is 12.3. The second-order valence-corrected chi connectivity index (χ2v) is 7.69. The highest BCUT2D eigenvalue weighted by Gasteiger charge is 2.25. The summed E-state index contributed by atoms with van der Waals surface area (Å²) in [7, 11) is -3.47. The molecule has 1 aliphatic heterocycles. The van der Waals surface area contributed by atoms with Crippen LogP contribution in [-0.4, -0.2) is 34.0 Å². The maximum atomic E-state index is 12.3. The molecule has 0 atom stereocenters. The van der Waals surface area contributed by atoms with Crippen LogP contribution in [0.2, 0.25) is 0 Å². The van der Waals surface area contributed by atoms with Gasteiger partial charge in [0.2, 0.25) is 10.0 Å². The minimum absolute atomic E-state index is 0.0347. The van der Waals surface area contributed by atoms with E-state index in [0.717, 1.165) is 11.1 Å². The SMILES string of the molecule is Cc1ccccc1CS(=O)(=O)NCCN1C(=O)COc2ccccc21. The van der Waals surface area contributed by atoms with Crippen molar-refractivity contribution in [2.75, 3.05) is 24.6 Å². The van der Waals surface area contributed by atoms with Crippen LogP contribution in [0.15, 0.2) is 48.5 Å². The molecule has 1 aliphatic rings. The fourth-order valence-corrected chi connectivity index (χ4v) is 3.98. The summed E-state index contributed by atoms with van der Waals surface area (Å²) in [5.41, 5.74) is 2.37. The molecule has 0 aromatic heterocycles. The van der Waals surface area contributed by atoms with Gasteiger partial charge in [-0.05, 0) is 30.2 Å². The van der Waals surface area contributed by atoms with Gasteiger partial charge >= 0.3 is 0 Å². The first-order valence-corrected chi connectivity index (χ1v) is 9.65. The Labute approximate surface area is 147 Å². The van der Waals surface area contributed by atoms with E-state index in [0.29, 0.717) is 11.4 Å². The zero-order valence-corrected chi connectivity index (χ0v) is 14.8. The number of carbonyl (C=O) groups is 1. The van der Waals surface area contributed by atoms with Crippen LogP contribution in [-0.2, 0) is 20.6 Å². The molecule has 0 bridgehead atoms. The molecular weight excluding hydrogens is 340 g/mol. The highest BCUT2D eigenvalue weighted by atomic mass is 32.2. The molecule has 132 valence electrons. The molecule has 6 nitrogen and oxygen atoms in total. The van der Waals surface area contributed by atoms with E-state index in [2.05, 4.69) is 4.72 Å². The fraction of sp³-hybridized carbons (Fsp3) is 0.278. The van der Waals surface area contributed by atoms with Gasteiger partial charge in [0, 0.05) is 13.1 Å². The van der Waals surface area contributed by atoms with Crippen molar-refractivity contribution in [1.29, 1.82) is 0 Å². The summed E-state index contributed by atoms with van der Waals surface area (Å²) in [6.07, 6.45) is 0. The Morgan fingerprint density at radius 1 is 1.12 bits per heavy atom. The average Bonchev–Trinajstić information content (AvgIpc) is 2.59. The van der Waals surface area contributed by atoms with E-state index in [-0.39, 0.29) is 31.4 Å². The normalized spacial score (nSPS) is 14.1. The smallest absolute Gasteiger partial charge is 0.265 e. The number of rotatable bonds is 6. The molecule has 0 unspecified atom stereocenters. The molecule has 0 radical (unpaired) electrons. The van der Waals surface area contributed by atoms with Crippen LogP contribution < -0.4 is 14.4 Å².